The molecule has 2 aromatic rings. The molecule has 0 N–H and O–H groups in total. The zero-order chi connectivity index (χ0) is 14.5. The maximum atomic E-state index is 13.6. The van der Waals surface area contributed by atoms with E-state index in [0.29, 0.717) is 12.4 Å². The van der Waals surface area contributed by atoms with E-state index in [9.17, 15) is 9.18 Å². The number of carbonyl (C=O) groups excluding carboxylic acids is 1. The Morgan fingerprint density at radius 3 is 2.30 bits per heavy atom. The number of benzene rings is 2. The minimum absolute atomic E-state index is 0.0876. The first-order valence-corrected chi connectivity index (χ1v) is 6.61. The summed E-state index contributed by atoms with van der Waals surface area (Å²) in [6, 6.07) is 12.4. The second-order valence-electron chi connectivity index (χ2n) is 4.66. The van der Waals surface area contributed by atoms with E-state index in [1.54, 1.807) is 6.07 Å². The van der Waals surface area contributed by atoms with Gasteiger partial charge in [0.15, 0.2) is 5.78 Å². The van der Waals surface area contributed by atoms with E-state index in [0.717, 1.165) is 12.0 Å². The highest BCUT2D eigenvalue weighted by molar-refractivity contribution is 5.94. The second-order valence-corrected chi connectivity index (χ2v) is 4.66. The van der Waals surface area contributed by atoms with Gasteiger partial charge in [0.05, 0.1) is 5.56 Å². The average molecular weight is 272 g/mol. The molecule has 0 aliphatic carbocycles. The minimum Gasteiger partial charge on any atom is -0.489 e. The van der Waals surface area contributed by atoms with Crippen molar-refractivity contribution in [2.45, 2.75) is 26.9 Å². The van der Waals surface area contributed by atoms with Crippen molar-refractivity contribution in [3.8, 4) is 5.75 Å². The molecule has 0 aliphatic heterocycles. The summed E-state index contributed by atoms with van der Waals surface area (Å²) >= 11 is 0. The molecule has 2 aromatic carbocycles. The van der Waals surface area contributed by atoms with Crippen molar-refractivity contribution in [3.63, 3.8) is 0 Å². The Hall–Kier alpha value is -2.16. The van der Waals surface area contributed by atoms with E-state index in [-0.39, 0.29) is 11.3 Å². The van der Waals surface area contributed by atoms with Crippen LogP contribution in [0.3, 0.4) is 0 Å². The highest BCUT2D eigenvalue weighted by atomic mass is 19.1. The molecule has 0 atom stereocenters. The Balaban J connectivity index is 2.03. The van der Waals surface area contributed by atoms with Crippen molar-refractivity contribution in [1.82, 2.24) is 0 Å². The van der Waals surface area contributed by atoms with E-state index < -0.39 is 5.82 Å². The van der Waals surface area contributed by atoms with E-state index in [2.05, 4.69) is 19.1 Å². The number of ketones is 1. The highest BCUT2D eigenvalue weighted by Crippen LogP contribution is 2.18. The Bertz CT molecular complexity index is 603. The summed E-state index contributed by atoms with van der Waals surface area (Å²) in [6.45, 7) is 3.82. The molecule has 0 saturated carbocycles. The molecule has 104 valence electrons. The maximum Gasteiger partial charge on any atom is 0.162 e. The first-order chi connectivity index (χ1) is 9.60. The zero-order valence-electron chi connectivity index (χ0n) is 11.7. The van der Waals surface area contributed by atoms with Crippen molar-refractivity contribution >= 4 is 5.78 Å². The summed E-state index contributed by atoms with van der Waals surface area (Å²) in [5, 5.41) is 0. The fourth-order valence-electron chi connectivity index (χ4n) is 1.91. The number of ether oxygens (including phenoxy) is 1. The van der Waals surface area contributed by atoms with E-state index in [4.69, 9.17) is 4.74 Å². The predicted molar refractivity (Wildman–Crippen MR) is 76.6 cm³/mol. The van der Waals surface area contributed by atoms with Gasteiger partial charge in [-0.15, -0.1) is 0 Å². The molecule has 2 rings (SSSR count). The van der Waals surface area contributed by atoms with Crippen LogP contribution in [-0.2, 0) is 13.0 Å². The monoisotopic (exact) mass is 272 g/mol. The molecule has 0 fully saturated rings. The number of rotatable bonds is 5. The van der Waals surface area contributed by atoms with Gasteiger partial charge in [-0.25, -0.2) is 4.39 Å². The van der Waals surface area contributed by atoms with Crippen molar-refractivity contribution in [3.05, 3.63) is 65.0 Å². The minimum atomic E-state index is -0.545. The SMILES string of the molecule is CCc1ccc(COc2ccc(C(C)=O)c(F)c2)cc1. The standard InChI is InChI=1S/C17H17FO2/c1-3-13-4-6-14(7-5-13)11-20-15-8-9-16(12(2)19)17(18)10-15/h4-10H,3,11H2,1-2H3. The van der Waals surface area contributed by atoms with Crippen LogP contribution in [-0.4, -0.2) is 5.78 Å². The van der Waals surface area contributed by atoms with Crippen LogP contribution in [0.25, 0.3) is 0 Å². The lowest BCUT2D eigenvalue weighted by atomic mass is 10.1. The van der Waals surface area contributed by atoms with Gasteiger partial charge in [-0.05, 0) is 36.6 Å². The molecule has 0 radical (unpaired) electrons. The van der Waals surface area contributed by atoms with Gasteiger partial charge in [0, 0.05) is 6.07 Å². The summed E-state index contributed by atoms with van der Waals surface area (Å²) in [5.41, 5.74) is 2.38. The molecule has 3 heteroatoms. The van der Waals surface area contributed by atoms with Crippen molar-refractivity contribution < 1.29 is 13.9 Å². The number of hydrogen-bond donors (Lipinski definition) is 0. The lowest BCUT2D eigenvalue weighted by Gasteiger charge is -2.08. The molecule has 0 aliphatic rings. The summed E-state index contributed by atoms with van der Waals surface area (Å²) < 4.78 is 19.2. The molecule has 0 spiro atoms. The average Bonchev–Trinajstić information content (AvgIpc) is 2.45. The third-order valence-corrected chi connectivity index (χ3v) is 3.16. The van der Waals surface area contributed by atoms with Gasteiger partial charge in [0.25, 0.3) is 0 Å². The van der Waals surface area contributed by atoms with E-state index in [1.165, 1.54) is 24.6 Å². The van der Waals surface area contributed by atoms with Gasteiger partial charge >= 0.3 is 0 Å². The van der Waals surface area contributed by atoms with Crippen LogP contribution in [0.1, 0.15) is 35.3 Å². The van der Waals surface area contributed by atoms with Gasteiger partial charge in [0.1, 0.15) is 18.2 Å². The van der Waals surface area contributed by atoms with E-state index >= 15 is 0 Å². The molecule has 2 nitrogen and oxygen atoms in total. The van der Waals surface area contributed by atoms with Gasteiger partial charge in [-0.2, -0.15) is 0 Å². The third-order valence-electron chi connectivity index (χ3n) is 3.16. The van der Waals surface area contributed by atoms with Gasteiger partial charge < -0.3 is 4.74 Å². The number of Topliss-reactive ketones (excluding diaryl/α,β-unsaturated/α-hetero) is 1. The lowest BCUT2D eigenvalue weighted by Crippen LogP contribution is -2.00. The normalized spacial score (nSPS) is 10.3. The third kappa shape index (κ3) is 3.44. The zero-order valence-corrected chi connectivity index (χ0v) is 11.7. The Morgan fingerprint density at radius 2 is 1.75 bits per heavy atom. The number of halogens is 1. The Labute approximate surface area is 118 Å². The van der Waals surface area contributed by atoms with Gasteiger partial charge in [-0.1, -0.05) is 31.2 Å². The smallest absolute Gasteiger partial charge is 0.162 e. The lowest BCUT2D eigenvalue weighted by molar-refractivity contribution is 0.101. The van der Waals surface area contributed by atoms with Crippen molar-refractivity contribution in [2.75, 3.05) is 0 Å². The van der Waals surface area contributed by atoms with Crippen LogP contribution in [0.15, 0.2) is 42.5 Å². The Kier molecular flexibility index (Phi) is 4.51. The molecule has 0 amide bonds. The molecule has 0 unspecified atom stereocenters. The molecular weight excluding hydrogens is 255 g/mol. The molecule has 0 aromatic heterocycles. The van der Waals surface area contributed by atoms with Crippen LogP contribution >= 0.6 is 0 Å². The first kappa shape index (κ1) is 14.3. The van der Waals surface area contributed by atoms with E-state index in [1.807, 2.05) is 12.1 Å². The van der Waals surface area contributed by atoms with Gasteiger partial charge in [-0.3, -0.25) is 4.79 Å². The topological polar surface area (TPSA) is 26.3 Å². The quantitative estimate of drug-likeness (QED) is 0.764. The van der Waals surface area contributed by atoms with Crippen LogP contribution in [0.2, 0.25) is 0 Å². The summed E-state index contributed by atoms with van der Waals surface area (Å²) in [4.78, 5) is 11.1. The van der Waals surface area contributed by atoms with Crippen molar-refractivity contribution in [2.24, 2.45) is 0 Å². The first-order valence-electron chi connectivity index (χ1n) is 6.61. The highest BCUT2D eigenvalue weighted by Gasteiger charge is 2.08. The van der Waals surface area contributed by atoms with Crippen LogP contribution in [0, 0.1) is 5.82 Å². The number of hydrogen-bond acceptors (Lipinski definition) is 2. The fraction of sp³-hybridized carbons (Fsp3) is 0.235. The number of carbonyl (C=O) groups is 1. The van der Waals surface area contributed by atoms with Crippen LogP contribution in [0.4, 0.5) is 4.39 Å². The number of aryl methyl sites for hydroxylation is 1. The molecule has 0 saturated heterocycles. The summed E-state index contributed by atoms with van der Waals surface area (Å²) in [5.74, 6) is -0.410. The molecular formula is C17H17FO2. The Morgan fingerprint density at radius 1 is 1.10 bits per heavy atom. The summed E-state index contributed by atoms with van der Waals surface area (Å²) in [6.07, 6.45) is 0.999. The molecule has 0 heterocycles. The van der Waals surface area contributed by atoms with Crippen molar-refractivity contribution in [1.29, 1.82) is 0 Å². The largest absolute Gasteiger partial charge is 0.489 e. The summed E-state index contributed by atoms with van der Waals surface area (Å²) in [7, 11) is 0. The predicted octanol–water partition coefficient (Wildman–Crippen LogP) is 4.17. The molecule has 0 bridgehead atoms. The maximum absolute atomic E-state index is 13.6. The molecule has 20 heavy (non-hydrogen) atoms. The van der Waals surface area contributed by atoms with Crippen LogP contribution < -0.4 is 4.74 Å². The fourth-order valence-corrected chi connectivity index (χ4v) is 1.91. The van der Waals surface area contributed by atoms with Gasteiger partial charge in [0.2, 0.25) is 0 Å². The van der Waals surface area contributed by atoms with Crippen LogP contribution in [0.5, 0.6) is 5.75 Å². The second kappa shape index (κ2) is 6.33.